The average molecular weight is 451 g/mol. The number of halogens is 1. The van der Waals surface area contributed by atoms with E-state index in [0.29, 0.717) is 44.6 Å². The third kappa shape index (κ3) is 4.63. The first-order valence-electron chi connectivity index (χ1n) is 9.09. The molecule has 0 aliphatic heterocycles. The fourth-order valence-corrected chi connectivity index (χ4v) is 3.77. The van der Waals surface area contributed by atoms with Crippen molar-refractivity contribution in [2.45, 2.75) is 10.9 Å². The average Bonchev–Trinajstić information content (AvgIpc) is 3.26. The highest BCUT2D eigenvalue weighted by Crippen LogP contribution is 2.28. The van der Waals surface area contributed by atoms with Crippen molar-refractivity contribution in [1.29, 1.82) is 5.26 Å². The molecule has 0 aliphatic carbocycles. The summed E-state index contributed by atoms with van der Waals surface area (Å²) in [6, 6.07) is 16.2. The van der Waals surface area contributed by atoms with E-state index in [1.807, 2.05) is 18.2 Å². The SMILES string of the molecule is COc1ccc(-c2nc(SCc3ncc(-c4cccc(Cl)c4)o3)[nH]c(=O)c2C#N)cc1. The third-order valence-corrected chi connectivity index (χ3v) is 5.46. The van der Waals surface area contributed by atoms with Crippen molar-refractivity contribution in [3.8, 4) is 34.4 Å². The summed E-state index contributed by atoms with van der Waals surface area (Å²) in [6.07, 6.45) is 1.62. The number of nitrogens with one attached hydrogen (secondary N) is 1. The summed E-state index contributed by atoms with van der Waals surface area (Å²) in [6.45, 7) is 0. The molecule has 2 heterocycles. The molecule has 9 heteroatoms. The quantitative estimate of drug-likeness (QED) is 0.328. The molecule has 2 aromatic carbocycles. The topological polar surface area (TPSA) is 105 Å². The lowest BCUT2D eigenvalue weighted by Crippen LogP contribution is -2.14. The Morgan fingerprint density at radius 2 is 2.03 bits per heavy atom. The zero-order valence-corrected chi connectivity index (χ0v) is 17.8. The highest BCUT2D eigenvalue weighted by Gasteiger charge is 2.15. The molecule has 0 radical (unpaired) electrons. The number of H-pyrrole nitrogens is 1. The molecule has 4 rings (SSSR count). The second-order valence-corrected chi connectivity index (χ2v) is 7.75. The van der Waals surface area contributed by atoms with Crippen LogP contribution in [0, 0.1) is 11.3 Å². The van der Waals surface area contributed by atoms with Crippen LogP contribution >= 0.6 is 23.4 Å². The highest BCUT2D eigenvalue weighted by molar-refractivity contribution is 7.98. The number of hydrogen-bond acceptors (Lipinski definition) is 7. The first-order valence-corrected chi connectivity index (χ1v) is 10.5. The van der Waals surface area contributed by atoms with Gasteiger partial charge < -0.3 is 14.1 Å². The van der Waals surface area contributed by atoms with Crippen LogP contribution in [0.25, 0.3) is 22.6 Å². The predicted octanol–water partition coefficient (Wildman–Crippen LogP) is 4.92. The van der Waals surface area contributed by atoms with Crippen LogP contribution in [0.3, 0.4) is 0 Å². The van der Waals surface area contributed by atoms with Gasteiger partial charge in [-0.1, -0.05) is 35.5 Å². The number of oxazole rings is 1. The molecule has 0 unspecified atom stereocenters. The summed E-state index contributed by atoms with van der Waals surface area (Å²) in [5, 5.41) is 10.4. The van der Waals surface area contributed by atoms with E-state index in [-0.39, 0.29) is 5.56 Å². The maximum atomic E-state index is 12.4. The van der Waals surface area contributed by atoms with Gasteiger partial charge in [0.05, 0.1) is 24.8 Å². The number of ether oxygens (including phenoxy) is 1. The normalized spacial score (nSPS) is 10.6. The fraction of sp³-hybridized carbons (Fsp3) is 0.0909. The standard InChI is InChI=1S/C22H15ClN4O3S/c1-29-16-7-5-13(6-8-16)20-17(10-24)21(28)27-22(26-20)31-12-19-25-11-18(30-19)14-3-2-4-15(23)9-14/h2-9,11H,12H2,1H3,(H,26,27,28). The lowest BCUT2D eigenvalue weighted by Gasteiger charge is -2.07. The van der Waals surface area contributed by atoms with Gasteiger partial charge in [-0.15, -0.1) is 0 Å². The molecule has 4 aromatic rings. The molecule has 1 N–H and O–H groups in total. The van der Waals surface area contributed by atoms with Gasteiger partial charge in [0, 0.05) is 16.1 Å². The molecule has 7 nitrogen and oxygen atoms in total. The smallest absolute Gasteiger partial charge is 0.270 e. The van der Waals surface area contributed by atoms with Gasteiger partial charge in [-0.3, -0.25) is 4.79 Å². The molecule has 0 bridgehead atoms. The van der Waals surface area contributed by atoms with Crippen LogP contribution in [0.5, 0.6) is 5.75 Å². The van der Waals surface area contributed by atoms with Crippen LogP contribution in [0.4, 0.5) is 0 Å². The minimum Gasteiger partial charge on any atom is -0.497 e. The van der Waals surface area contributed by atoms with Crippen LogP contribution in [-0.4, -0.2) is 22.1 Å². The van der Waals surface area contributed by atoms with Gasteiger partial charge in [0.1, 0.15) is 17.4 Å². The van der Waals surface area contributed by atoms with Crippen molar-refractivity contribution in [3.05, 3.63) is 81.6 Å². The molecule has 0 atom stereocenters. The number of benzene rings is 2. The Morgan fingerprint density at radius 3 is 2.74 bits per heavy atom. The van der Waals surface area contributed by atoms with E-state index < -0.39 is 5.56 Å². The molecule has 0 saturated heterocycles. The Labute approximate surface area is 186 Å². The van der Waals surface area contributed by atoms with Crippen LogP contribution < -0.4 is 10.3 Å². The Hall–Kier alpha value is -3.54. The van der Waals surface area contributed by atoms with E-state index in [2.05, 4.69) is 15.0 Å². The first kappa shape index (κ1) is 20.7. The molecular weight excluding hydrogens is 436 g/mol. The maximum absolute atomic E-state index is 12.4. The maximum Gasteiger partial charge on any atom is 0.270 e. The van der Waals surface area contributed by atoms with Crippen LogP contribution in [0.15, 0.2) is 69.1 Å². The number of thioether (sulfide) groups is 1. The van der Waals surface area contributed by atoms with E-state index in [4.69, 9.17) is 20.8 Å². The van der Waals surface area contributed by atoms with Crippen molar-refractivity contribution in [2.75, 3.05) is 7.11 Å². The number of nitriles is 1. The zero-order valence-electron chi connectivity index (χ0n) is 16.3. The van der Waals surface area contributed by atoms with Crippen LogP contribution in [0.2, 0.25) is 5.02 Å². The summed E-state index contributed by atoms with van der Waals surface area (Å²) in [7, 11) is 1.57. The van der Waals surface area contributed by atoms with E-state index in [1.54, 1.807) is 49.7 Å². The summed E-state index contributed by atoms with van der Waals surface area (Å²) < 4.78 is 10.9. The van der Waals surface area contributed by atoms with Crippen molar-refractivity contribution in [3.63, 3.8) is 0 Å². The summed E-state index contributed by atoms with van der Waals surface area (Å²) in [5.41, 5.74) is 1.22. The molecule has 31 heavy (non-hydrogen) atoms. The van der Waals surface area contributed by atoms with Crippen molar-refractivity contribution >= 4 is 23.4 Å². The summed E-state index contributed by atoms with van der Waals surface area (Å²) in [5.74, 6) is 2.08. The fourth-order valence-electron chi connectivity index (χ4n) is 2.86. The molecule has 0 spiro atoms. The number of aromatic nitrogens is 3. The molecular formula is C22H15ClN4O3S. The molecule has 0 saturated carbocycles. The molecule has 0 aliphatic rings. The lowest BCUT2D eigenvalue weighted by atomic mass is 10.1. The monoisotopic (exact) mass is 450 g/mol. The van der Waals surface area contributed by atoms with Crippen LogP contribution in [0.1, 0.15) is 11.5 Å². The van der Waals surface area contributed by atoms with Crippen molar-refractivity contribution < 1.29 is 9.15 Å². The zero-order chi connectivity index (χ0) is 21.8. The molecule has 0 fully saturated rings. The van der Waals surface area contributed by atoms with E-state index >= 15 is 0 Å². The van der Waals surface area contributed by atoms with E-state index in [1.165, 1.54) is 11.8 Å². The molecule has 154 valence electrons. The van der Waals surface area contributed by atoms with Crippen molar-refractivity contribution in [2.24, 2.45) is 0 Å². The minimum absolute atomic E-state index is 0.0473. The third-order valence-electron chi connectivity index (χ3n) is 4.37. The Kier molecular flexibility index (Phi) is 6.07. The summed E-state index contributed by atoms with van der Waals surface area (Å²) >= 11 is 7.28. The minimum atomic E-state index is -0.502. The summed E-state index contributed by atoms with van der Waals surface area (Å²) in [4.78, 5) is 23.8. The van der Waals surface area contributed by atoms with E-state index in [9.17, 15) is 10.1 Å². The van der Waals surface area contributed by atoms with Gasteiger partial charge in [-0.2, -0.15) is 5.26 Å². The van der Waals surface area contributed by atoms with Gasteiger partial charge in [-0.25, -0.2) is 9.97 Å². The van der Waals surface area contributed by atoms with Gasteiger partial charge in [0.25, 0.3) is 5.56 Å². The number of nitrogens with zero attached hydrogens (tertiary/aromatic N) is 3. The van der Waals surface area contributed by atoms with Crippen LogP contribution in [-0.2, 0) is 5.75 Å². The highest BCUT2D eigenvalue weighted by atomic mass is 35.5. The second kappa shape index (κ2) is 9.08. The van der Waals surface area contributed by atoms with Gasteiger partial charge in [-0.05, 0) is 36.4 Å². The Bertz CT molecular complexity index is 1330. The number of methoxy groups -OCH3 is 1. The Morgan fingerprint density at radius 1 is 1.23 bits per heavy atom. The molecule has 0 amide bonds. The second-order valence-electron chi connectivity index (χ2n) is 6.35. The molecule has 2 aromatic heterocycles. The predicted molar refractivity (Wildman–Crippen MR) is 118 cm³/mol. The first-order chi connectivity index (χ1) is 15.1. The van der Waals surface area contributed by atoms with E-state index in [0.717, 1.165) is 5.56 Å². The Balaban J connectivity index is 1.57. The van der Waals surface area contributed by atoms with Crippen molar-refractivity contribution in [1.82, 2.24) is 15.0 Å². The van der Waals surface area contributed by atoms with Gasteiger partial charge in [0.15, 0.2) is 10.9 Å². The number of aromatic amines is 1. The lowest BCUT2D eigenvalue weighted by molar-refractivity contribution is 0.415. The van der Waals surface area contributed by atoms with Gasteiger partial charge in [0.2, 0.25) is 5.89 Å². The number of hydrogen-bond donors (Lipinski definition) is 1. The largest absolute Gasteiger partial charge is 0.497 e. The van der Waals surface area contributed by atoms with Gasteiger partial charge >= 0.3 is 0 Å². The number of rotatable bonds is 6.